The van der Waals surface area contributed by atoms with E-state index in [2.05, 4.69) is 10.5 Å². The Morgan fingerprint density at radius 2 is 1.83 bits per heavy atom. The number of aromatic nitrogens is 1. The van der Waals surface area contributed by atoms with Crippen molar-refractivity contribution in [3.05, 3.63) is 69.5 Å². The van der Waals surface area contributed by atoms with Crippen molar-refractivity contribution in [2.75, 3.05) is 31.3 Å². The van der Waals surface area contributed by atoms with Gasteiger partial charge in [0.05, 0.1) is 43.1 Å². The number of halogens is 2. The number of aryl methyl sites for hydroxylation is 1. The zero-order chi connectivity index (χ0) is 26.6. The number of carbonyl (C=O) groups excluding carboxylic acids is 1. The Morgan fingerprint density at radius 1 is 1.11 bits per heavy atom. The van der Waals surface area contributed by atoms with Crippen LogP contribution in [0, 0.1) is 13.8 Å². The third-order valence-corrected chi connectivity index (χ3v) is 7.04. The Balaban J connectivity index is 1.82. The van der Waals surface area contributed by atoms with Gasteiger partial charge in [0.1, 0.15) is 18.0 Å². The summed E-state index contributed by atoms with van der Waals surface area (Å²) in [5.41, 5.74) is 5.72. The Labute approximate surface area is 220 Å². The van der Waals surface area contributed by atoms with Crippen molar-refractivity contribution in [1.29, 1.82) is 0 Å². The molecule has 0 saturated carbocycles. The molecular weight excluding hydrogens is 527 g/mol. The number of ether oxygens (including phenoxy) is 2. The predicted molar refractivity (Wildman–Crippen MR) is 143 cm³/mol. The number of hydrogen-bond donors (Lipinski definition) is 1. The number of nitrogens with one attached hydrogen (secondary N) is 1. The van der Waals surface area contributed by atoms with E-state index in [0.717, 1.165) is 33.2 Å². The molecule has 1 aromatic heterocycles. The van der Waals surface area contributed by atoms with Gasteiger partial charge in [-0.05, 0) is 50.2 Å². The highest BCUT2D eigenvalue weighted by Gasteiger charge is 2.24. The summed E-state index contributed by atoms with van der Waals surface area (Å²) in [4.78, 5) is 12.6. The Hall–Kier alpha value is -3.21. The first-order valence-corrected chi connectivity index (χ1v) is 13.2. The molecule has 0 bridgehead atoms. The average molecular weight is 553 g/mol. The highest BCUT2D eigenvalue weighted by Crippen LogP contribution is 2.33. The fraction of sp³-hybridized carbons (Fsp3) is 0.250. The van der Waals surface area contributed by atoms with E-state index >= 15 is 0 Å². The van der Waals surface area contributed by atoms with Crippen LogP contribution in [-0.4, -0.2) is 52.1 Å². The fourth-order valence-corrected chi connectivity index (χ4v) is 4.88. The number of anilines is 1. The molecule has 2 aromatic carbocycles. The minimum absolute atomic E-state index is 0.167. The Bertz CT molecular complexity index is 1420. The van der Waals surface area contributed by atoms with Gasteiger partial charge in [-0.25, -0.2) is 13.8 Å². The minimum Gasteiger partial charge on any atom is -0.497 e. The fourth-order valence-electron chi connectivity index (χ4n) is 3.66. The standard InChI is InChI=1S/C24H26Cl2N4O5S/c1-15-10-17(16(2)30(15)21-11-18(25)6-8-20(21)26)13-27-28-24(31)14-29(36(5,32)33)22-12-19(34-3)7-9-23(22)35-4/h6-13H,14H2,1-5H3,(H,28,31)/b27-13-. The van der Waals surface area contributed by atoms with Gasteiger partial charge in [0.15, 0.2) is 0 Å². The second kappa shape index (κ2) is 11.2. The molecule has 36 heavy (non-hydrogen) atoms. The van der Waals surface area contributed by atoms with Crippen molar-refractivity contribution < 1.29 is 22.7 Å². The molecule has 0 spiro atoms. The van der Waals surface area contributed by atoms with Crippen LogP contribution in [0.25, 0.3) is 5.69 Å². The molecule has 1 amide bonds. The number of sulfonamides is 1. The van der Waals surface area contributed by atoms with Gasteiger partial charge in [0, 0.05) is 28.0 Å². The second-order valence-electron chi connectivity index (χ2n) is 7.86. The third-order valence-electron chi connectivity index (χ3n) is 5.35. The van der Waals surface area contributed by atoms with Crippen molar-refractivity contribution in [3.8, 4) is 17.2 Å². The van der Waals surface area contributed by atoms with Gasteiger partial charge in [0.2, 0.25) is 10.0 Å². The number of hydrazone groups is 1. The molecule has 0 saturated heterocycles. The van der Waals surface area contributed by atoms with Crippen molar-refractivity contribution >= 4 is 51.0 Å². The lowest BCUT2D eigenvalue weighted by atomic mass is 10.2. The van der Waals surface area contributed by atoms with Crippen LogP contribution in [0.15, 0.2) is 47.6 Å². The van der Waals surface area contributed by atoms with Crippen molar-refractivity contribution in [1.82, 2.24) is 9.99 Å². The molecule has 0 aliphatic carbocycles. The van der Waals surface area contributed by atoms with Gasteiger partial charge >= 0.3 is 0 Å². The molecule has 0 atom stereocenters. The monoisotopic (exact) mass is 552 g/mol. The van der Waals surface area contributed by atoms with Crippen LogP contribution < -0.4 is 19.2 Å². The molecule has 1 heterocycles. The topological polar surface area (TPSA) is 102 Å². The third kappa shape index (κ3) is 6.13. The number of amides is 1. The van der Waals surface area contributed by atoms with Gasteiger partial charge in [-0.15, -0.1) is 0 Å². The van der Waals surface area contributed by atoms with Crippen molar-refractivity contribution in [2.24, 2.45) is 5.10 Å². The maximum Gasteiger partial charge on any atom is 0.260 e. The molecule has 0 fully saturated rings. The minimum atomic E-state index is -3.84. The summed E-state index contributed by atoms with van der Waals surface area (Å²) in [6, 6.07) is 11.7. The van der Waals surface area contributed by atoms with E-state index in [1.807, 2.05) is 24.5 Å². The highest BCUT2D eigenvalue weighted by atomic mass is 35.5. The SMILES string of the molecule is COc1ccc(OC)c(N(CC(=O)N/N=C\c2cc(C)n(-c3cc(Cl)ccc3Cl)c2C)S(C)(=O)=O)c1. The lowest BCUT2D eigenvalue weighted by molar-refractivity contribution is -0.119. The number of nitrogens with zero attached hydrogens (tertiary/aromatic N) is 3. The highest BCUT2D eigenvalue weighted by molar-refractivity contribution is 7.92. The van der Waals surface area contributed by atoms with Crippen LogP contribution >= 0.6 is 23.2 Å². The number of carbonyl (C=O) groups is 1. The molecule has 0 aliphatic heterocycles. The average Bonchev–Trinajstić information content (AvgIpc) is 3.10. The van der Waals surface area contributed by atoms with E-state index in [-0.39, 0.29) is 11.4 Å². The smallest absolute Gasteiger partial charge is 0.260 e. The zero-order valence-electron chi connectivity index (χ0n) is 20.4. The lowest BCUT2D eigenvalue weighted by Crippen LogP contribution is -2.39. The molecule has 0 aliphatic rings. The summed E-state index contributed by atoms with van der Waals surface area (Å²) in [7, 11) is -0.977. The summed E-state index contributed by atoms with van der Waals surface area (Å²) in [6.45, 7) is 3.27. The second-order valence-corrected chi connectivity index (χ2v) is 10.6. The van der Waals surface area contributed by atoms with E-state index in [9.17, 15) is 13.2 Å². The van der Waals surface area contributed by atoms with E-state index < -0.39 is 22.5 Å². The zero-order valence-corrected chi connectivity index (χ0v) is 22.7. The van der Waals surface area contributed by atoms with Crippen molar-refractivity contribution in [2.45, 2.75) is 13.8 Å². The van der Waals surface area contributed by atoms with Gasteiger partial charge < -0.3 is 14.0 Å². The Morgan fingerprint density at radius 3 is 2.47 bits per heavy atom. The molecule has 0 radical (unpaired) electrons. The number of benzene rings is 2. The largest absolute Gasteiger partial charge is 0.497 e. The molecule has 9 nitrogen and oxygen atoms in total. The first kappa shape index (κ1) is 27.4. The van der Waals surface area contributed by atoms with E-state index in [0.29, 0.717) is 15.8 Å². The number of methoxy groups -OCH3 is 2. The normalized spacial score (nSPS) is 11.5. The van der Waals surface area contributed by atoms with Crippen LogP contribution in [0.3, 0.4) is 0 Å². The molecule has 3 aromatic rings. The molecule has 0 unspecified atom stereocenters. The summed E-state index contributed by atoms with van der Waals surface area (Å²) >= 11 is 12.5. The van der Waals surface area contributed by atoms with Crippen LogP contribution in [-0.2, 0) is 14.8 Å². The summed E-state index contributed by atoms with van der Waals surface area (Å²) in [5, 5.41) is 5.10. The molecule has 1 N–H and O–H groups in total. The van der Waals surface area contributed by atoms with Crippen LogP contribution in [0.2, 0.25) is 10.0 Å². The predicted octanol–water partition coefficient (Wildman–Crippen LogP) is 4.33. The van der Waals surface area contributed by atoms with Gasteiger partial charge in [-0.1, -0.05) is 23.2 Å². The Kier molecular flexibility index (Phi) is 8.55. The number of rotatable bonds is 9. The van der Waals surface area contributed by atoms with E-state index in [4.69, 9.17) is 32.7 Å². The molecule has 3 rings (SSSR count). The first-order valence-electron chi connectivity index (χ1n) is 10.6. The summed E-state index contributed by atoms with van der Waals surface area (Å²) in [6.07, 6.45) is 2.48. The maximum absolute atomic E-state index is 12.6. The van der Waals surface area contributed by atoms with Crippen LogP contribution in [0.1, 0.15) is 17.0 Å². The summed E-state index contributed by atoms with van der Waals surface area (Å²) < 4.78 is 38.3. The van der Waals surface area contributed by atoms with Gasteiger partial charge in [0.25, 0.3) is 5.91 Å². The van der Waals surface area contributed by atoms with Gasteiger partial charge in [-0.3, -0.25) is 9.10 Å². The maximum atomic E-state index is 12.6. The van der Waals surface area contributed by atoms with Crippen LogP contribution in [0.4, 0.5) is 5.69 Å². The van der Waals surface area contributed by atoms with Gasteiger partial charge in [-0.2, -0.15) is 5.10 Å². The quantitative estimate of drug-likeness (QED) is 0.314. The molecule has 12 heteroatoms. The molecular formula is C24H26Cl2N4O5S. The number of hydrogen-bond acceptors (Lipinski definition) is 6. The van der Waals surface area contributed by atoms with E-state index in [1.165, 1.54) is 26.5 Å². The molecule has 192 valence electrons. The lowest BCUT2D eigenvalue weighted by Gasteiger charge is -2.23. The van der Waals surface area contributed by atoms with Crippen molar-refractivity contribution in [3.63, 3.8) is 0 Å². The van der Waals surface area contributed by atoms with E-state index in [1.54, 1.807) is 30.3 Å². The summed E-state index contributed by atoms with van der Waals surface area (Å²) in [5.74, 6) is 0.0333. The van der Waals surface area contributed by atoms with Crippen LogP contribution in [0.5, 0.6) is 11.5 Å². The first-order chi connectivity index (χ1) is 17.0.